The molecule has 1 N–H and O–H groups in total. The van der Waals surface area contributed by atoms with Gasteiger partial charge in [-0.3, -0.25) is 9.59 Å². The van der Waals surface area contributed by atoms with Gasteiger partial charge in [0, 0.05) is 30.6 Å². The van der Waals surface area contributed by atoms with E-state index in [-0.39, 0.29) is 22.6 Å². The molecular formula is C27H37N3O2. The standard InChI is InChI=1S/C27H37N3O2/c1-4-30-22-11-9-19-20-10-8-18(17-24(31)29-23-7-5-6-16-28-23)26(20,2)14-12-21(19)27(22,3)15-13-25(30)32/h5-7,13,15-16,18-22H,4,8-12,14,17H2,1-3H3,(H,28,29,31)/t18-,19+,20+,21+,22-,26-,27-/m1/s1. The van der Waals surface area contributed by atoms with Crippen molar-refractivity contribution < 1.29 is 9.59 Å². The number of carbonyl (C=O) groups is 2. The van der Waals surface area contributed by atoms with Crippen molar-refractivity contribution in [1.82, 2.24) is 9.88 Å². The number of carbonyl (C=O) groups excluding carboxylic acids is 2. The lowest BCUT2D eigenvalue weighted by molar-refractivity contribution is -0.141. The minimum Gasteiger partial charge on any atom is -0.336 e. The third-order valence-corrected chi connectivity index (χ3v) is 9.87. The predicted octanol–water partition coefficient (Wildman–Crippen LogP) is 5.06. The summed E-state index contributed by atoms with van der Waals surface area (Å²) in [6.45, 7) is 7.79. The van der Waals surface area contributed by atoms with E-state index < -0.39 is 0 Å². The van der Waals surface area contributed by atoms with E-state index in [1.807, 2.05) is 24.3 Å². The number of pyridine rings is 1. The SMILES string of the molecule is CCN1C(=O)C=C[C@]2(C)[C@H]3CC[C@]4(C)[C@@H](CC(=O)Nc5ccccn5)CC[C@H]4[C@@H]3CC[C@@H]12. The van der Waals surface area contributed by atoms with Crippen LogP contribution >= 0.6 is 0 Å². The van der Waals surface area contributed by atoms with Crippen molar-refractivity contribution in [1.29, 1.82) is 0 Å². The number of fused-ring (bicyclic) bond motifs is 5. The molecule has 0 saturated heterocycles. The Kier molecular flexibility index (Phi) is 5.42. The Morgan fingerprint density at radius 3 is 2.75 bits per heavy atom. The highest BCUT2D eigenvalue weighted by atomic mass is 16.2. The second-order valence-corrected chi connectivity index (χ2v) is 11.1. The fourth-order valence-corrected chi connectivity index (χ4v) is 8.27. The maximum atomic E-state index is 12.8. The Bertz CT molecular complexity index is 915. The van der Waals surface area contributed by atoms with Crippen LogP contribution in [0.4, 0.5) is 5.82 Å². The molecule has 2 amide bonds. The molecule has 5 rings (SSSR count). The molecule has 5 heteroatoms. The first-order valence-corrected chi connectivity index (χ1v) is 12.6. The highest BCUT2D eigenvalue weighted by molar-refractivity contribution is 5.90. The summed E-state index contributed by atoms with van der Waals surface area (Å²) >= 11 is 0. The molecular weight excluding hydrogens is 398 g/mol. The molecule has 1 aliphatic heterocycles. The molecule has 172 valence electrons. The Balaban J connectivity index is 1.32. The Hall–Kier alpha value is -2.17. The molecule has 7 atom stereocenters. The predicted molar refractivity (Wildman–Crippen MR) is 126 cm³/mol. The number of anilines is 1. The van der Waals surface area contributed by atoms with Crippen LogP contribution in [-0.2, 0) is 9.59 Å². The van der Waals surface area contributed by atoms with Crippen molar-refractivity contribution in [2.75, 3.05) is 11.9 Å². The van der Waals surface area contributed by atoms with Crippen LogP contribution in [0, 0.1) is 34.5 Å². The minimum atomic E-state index is 0.0859. The number of hydrogen-bond donors (Lipinski definition) is 1. The molecule has 0 radical (unpaired) electrons. The lowest BCUT2D eigenvalue weighted by Crippen LogP contribution is -2.60. The lowest BCUT2D eigenvalue weighted by atomic mass is 9.47. The third-order valence-electron chi connectivity index (χ3n) is 9.87. The molecule has 32 heavy (non-hydrogen) atoms. The van der Waals surface area contributed by atoms with Gasteiger partial charge in [-0.25, -0.2) is 4.98 Å². The van der Waals surface area contributed by atoms with Gasteiger partial charge in [-0.1, -0.05) is 26.0 Å². The molecule has 5 nitrogen and oxygen atoms in total. The molecule has 4 aliphatic rings. The molecule has 1 aromatic heterocycles. The molecule has 1 aromatic rings. The summed E-state index contributed by atoms with van der Waals surface area (Å²) in [5, 5.41) is 3.00. The average Bonchev–Trinajstić information content (AvgIpc) is 3.11. The normalized spacial score (nSPS) is 40.4. The van der Waals surface area contributed by atoms with Gasteiger partial charge in [-0.05, 0) is 92.7 Å². The highest BCUT2D eigenvalue weighted by Gasteiger charge is 2.60. The van der Waals surface area contributed by atoms with Crippen molar-refractivity contribution >= 4 is 17.6 Å². The summed E-state index contributed by atoms with van der Waals surface area (Å²) in [5.41, 5.74) is 0.326. The zero-order valence-corrected chi connectivity index (χ0v) is 19.7. The van der Waals surface area contributed by atoms with E-state index in [0.717, 1.165) is 19.4 Å². The van der Waals surface area contributed by atoms with E-state index in [1.54, 1.807) is 6.20 Å². The highest BCUT2D eigenvalue weighted by Crippen LogP contribution is 2.66. The van der Waals surface area contributed by atoms with E-state index in [4.69, 9.17) is 0 Å². The van der Waals surface area contributed by atoms with Crippen LogP contribution in [0.25, 0.3) is 0 Å². The molecule has 0 unspecified atom stereocenters. The van der Waals surface area contributed by atoms with Crippen molar-refractivity contribution in [3.05, 3.63) is 36.5 Å². The van der Waals surface area contributed by atoms with Gasteiger partial charge >= 0.3 is 0 Å². The summed E-state index contributed by atoms with van der Waals surface area (Å²) < 4.78 is 0. The maximum absolute atomic E-state index is 12.8. The van der Waals surface area contributed by atoms with E-state index in [9.17, 15) is 9.59 Å². The van der Waals surface area contributed by atoms with Crippen LogP contribution in [0.2, 0.25) is 0 Å². The summed E-state index contributed by atoms with van der Waals surface area (Å²) in [6.07, 6.45) is 13.5. The Morgan fingerprint density at radius 2 is 2.00 bits per heavy atom. The second-order valence-electron chi connectivity index (χ2n) is 11.1. The van der Waals surface area contributed by atoms with Gasteiger partial charge in [0.25, 0.3) is 0 Å². The summed E-state index contributed by atoms with van der Waals surface area (Å²) in [6, 6.07) is 5.96. The van der Waals surface area contributed by atoms with Gasteiger partial charge in [0.05, 0.1) is 0 Å². The number of aromatic nitrogens is 1. The van der Waals surface area contributed by atoms with Crippen molar-refractivity contribution in [3.8, 4) is 0 Å². The molecule has 3 aliphatic carbocycles. The van der Waals surface area contributed by atoms with Gasteiger partial charge in [0.1, 0.15) is 5.82 Å². The van der Waals surface area contributed by atoms with E-state index >= 15 is 0 Å². The summed E-state index contributed by atoms with van der Waals surface area (Å²) in [4.78, 5) is 31.7. The first-order valence-electron chi connectivity index (χ1n) is 12.6. The van der Waals surface area contributed by atoms with E-state index in [0.29, 0.717) is 42.0 Å². The van der Waals surface area contributed by atoms with E-state index in [1.165, 1.54) is 25.7 Å². The quantitative estimate of drug-likeness (QED) is 0.719. The van der Waals surface area contributed by atoms with Gasteiger partial charge in [-0.2, -0.15) is 0 Å². The molecule has 3 saturated carbocycles. The van der Waals surface area contributed by atoms with Crippen LogP contribution in [0.3, 0.4) is 0 Å². The van der Waals surface area contributed by atoms with Gasteiger partial charge in [0.2, 0.25) is 11.8 Å². The van der Waals surface area contributed by atoms with E-state index in [2.05, 4.69) is 42.0 Å². The molecule has 0 bridgehead atoms. The topological polar surface area (TPSA) is 62.3 Å². The molecule has 0 aromatic carbocycles. The smallest absolute Gasteiger partial charge is 0.246 e. The van der Waals surface area contributed by atoms with Gasteiger partial charge in [-0.15, -0.1) is 0 Å². The van der Waals surface area contributed by atoms with Gasteiger partial charge < -0.3 is 10.2 Å². The lowest BCUT2D eigenvalue weighted by Gasteiger charge is -2.60. The number of likely N-dealkylation sites (N-methyl/N-ethyl adjacent to an activating group) is 1. The maximum Gasteiger partial charge on any atom is 0.246 e. The molecule has 0 spiro atoms. The Labute approximate surface area is 192 Å². The van der Waals surface area contributed by atoms with Crippen LogP contribution < -0.4 is 5.32 Å². The first kappa shape index (κ1) is 21.7. The van der Waals surface area contributed by atoms with Crippen LogP contribution in [-0.4, -0.2) is 34.3 Å². The summed E-state index contributed by atoms with van der Waals surface area (Å²) in [7, 11) is 0. The summed E-state index contributed by atoms with van der Waals surface area (Å²) in [5.74, 6) is 3.40. The van der Waals surface area contributed by atoms with Crippen molar-refractivity contribution in [3.63, 3.8) is 0 Å². The minimum absolute atomic E-state index is 0.0859. The number of nitrogens with zero attached hydrogens (tertiary/aromatic N) is 2. The molecule has 3 fully saturated rings. The van der Waals surface area contributed by atoms with Crippen molar-refractivity contribution in [2.24, 2.45) is 34.5 Å². The second kappa shape index (κ2) is 8.00. The van der Waals surface area contributed by atoms with Crippen LogP contribution in [0.5, 0.6) is 0 Å². The van der Waals surface area contributed by atoms with Crippen LogP contribution in [0.1, 0.15) is 65.7 Å². The zero-order valence-electron chi connectivity index (χ0n) is 19.7. The van der Waals surface area contributed by atoms with Gasteiger partial charge in [0.15, 0.2) is 0 Å². The first-order chi connectivity index (χ1) is 15.4. The third kappa shape index (κ3) is 3.31. The number of nitrogens with one attached hydrogen (secondary N) is 1. The zero-order chi connectivity index (χ0) is 22.5. The number of rotatable bonds is 4. The fraction of sp³-hybridized carbons (Fsp3) is 0.667. The largest absolute Gasteiger partial charge is 0.336 e. The van der Waals surface area contributed by atoms with Crippen LogP contribution in [0.15, 0.2) is 36.5 Å². The van der Waals surface area contributed by atoms with Crippen molar-refractivity contribution in [2.45, 2.75) is 71.8 Å². The average molecular weight is 436 g/mol. The monoisotopic (exact) mass is 435 g/mol. The number of hydrogen-bond acceptors (Lipinski definition) is 3. The number of amides is 2. The molecule has 2 heterocycles. The Morgan fingerprint density at radius 1 is 1.16 bits per heavy atom. The fourth-order valence-electron chi connectivity index (χ4n) is 8.27.